The molecule has 0 fully saturated rings. The van der Waals surface area contributed by atoms with Crippen LogP contribution in [-0.2, 0) is 4.74 Å². The van der Waals surface area contributed by atoms with E-state index in [0.29, 0.717) is 22.6 Å². The van der Waals surface area contributed by atoms with Crippen LogP contribution in [0, 0.1) is 0 Å². The second kappa shape index (κ2) is 6.64. The van der Waals surface area contributed by atoms with Crippen LogP contribution in [0.2, 0.25) is 0 Å². The summed E-state index contributed by atoms with van der Waals surface area (Å²) in [5.41, 5.74) is 0.818. The lowest BCUT2D eigenvalue weighted by molar-refractivity contribution is 0.0228. The number of carbonyl (C=O) groups is 3. The standard InChI is InChI=1S/C18H15NO6/c1-23-14-8-7-11(9-15(14)24-2)18(22)25-10-19-16(20)12-5-3-4-6-13(12)17(19)21/h3-9H,10H2,1-2H3. The van der Waals surface area contributed by atoms with Crippen LogP contribution in [0.1, 0.15) is 31.1 Å². The van der Waals surface area contributed by atoms with Crippen LogP contribution < -0.4 is 9.47 Å². The fourth-order valence-electron chi connectivity index (χ4n) is 2.53. The highest BCUT2D eigenvalue weighted by Crippen LogP contribution is 2.28. The molecule has 0 N–H and O–H groups in total. The van der Waals surface area contributed by atoms with Crippen molar-refractivity contribution in [3.05, 3.63) is 59.2 Å². The third-order valence-corrected chi connectivity index (χ3v) is 3.82. The minimum Gasteiger partial charge on any atom is -0.493 e. The lowest BCUT2D eigenvalue weighted by atomic mass is 10.1. The molecule has 0 bridgehead atoms. The fourth-order valence-corrected chi connectivity index (χ4v) is 2.53. The maximum absolute atomic E-state index is 12.2. The van der Waals surface area contributed by atoms with Crippen molar-refractivity contribution in [3.8, 4) is 11.5 Å². The molecule has 3 rings (SSSR count). The monoisotopic (exact) mass is 341 g/mol. The first-order valence-corrected chi connectivity index (χ1v) is 7.41. The molecular formula is C18H15NO6. The number of imide groups is 1. The van der Waals surface area contributed by atoms with E-state index in [9.17, 15) is 14.4 Å². The molecule has 0 atom stereocenters. The van der Waals surface area contributed by atoms with Gasteiger partial charge >= 0.3 is 5.97 Å². The van der Waals surface area contributed by atoms with E-state index in [4.69, 9.17) is 14.2 Å². The molecule has 1 aliphatic rings. The minimum atomic E-state index is -0.683. The Hall–Kier alpha value is -3.35. The zero-order valence-electron chi connectivity index (χ0n) is 13.6. The summed E-state index contributed by atoms with van der Waals surface area (Å²) in [6.45, 7) is -0.459. The van der Waals surface area contributed by atoms with Crippen LogP contribution >= 0.6 is 0 Å². The molecule has 128 valence electrons. The second-order valence-corrected chi connectivity index (χ2v) is 5.21. The van der Waals surface area contributed by atoms with Crippen LogP contribution in [0.4, 0.5) is 0 Å². The van der Waals surface area contributed by atoms with Gasteiger partial charge in [-0.1, -0.05) is 12.1 Å². The van der Waals surface area contributed by atoms with E-state index in [1.807, 2.05) is 0 Å². The first kappa shape index (κ1) is 16.5. The van der Waals surface area contributed by atoms with Gasteiger partial charge in [-0.05, 0) is 30.3 Å². The van der Waals surface area contributed by atoms with Crippen LogP contribution in [0.5, 0.6) is 11.5 Å². The average Bonchev–Trinajstić information content (AvgIpc) is 2.90. The van der Waals surface area contributed by atoms with Gasteiger partial charge in [0.25, 0.3) is 11.8 Å². The normalized spacial score (nSPS) is 12.8. The summed E-state index contributed by atoms with van der Waals surface area (Å²) in [5, 5.41) is 0. The number of rotatable bonds is 5. The number of ether oxygens (including phenoxy) is 3. The van der Waals surface area contributed by atoms with Gasteiger partial charge in [-0.3, -0.25) is 9.59 Å². The summed E-state index contributed by atoms with van der Waals surface area (Å²) >= 11 is 0. The molecule has 0 radical (unpaired) electrons. The van der Waals surface area contributed by atoms with Gasteiger partial charge in [0.2, 0.25) is 0 Å². The molecule has 1 heterocycles. The quantitative estimate of drug-likeness (QED) is 0.612. The van der Waals surface area contributed by atoms with Crippen molar-refractivity contribution in [1.82, 2.24) is 4.90 Å². The largest absolute Gasteiger partial charge is 0.493 e. The van der Waals surface area contributed by atoms with Crippen LogP contribution in [0.15, 0.2) is 42.5 Å². The maximum Gasteiger partial charge on any atom is 0.340 e. The number of benzene rings is 2. The van der Waals surface area contributed by atoms with Crippen molar-refractivity contribution in [2.24, 2.45) is 0 Å². The molecule has 25 heavy (non-hydrogen) atoms. The summed E-state index contributed by atoms with van der Waals surface area (Å²) in [6, 6.07) is 11.0. The van der Waals surface area contributed by atoms with E-state index in [0.717, 1.165) is 4.90 Å². The fraction of sp³-hybridized carbons (Fsp3) is 0.167. The van der Waals surface area contributed by atoms with E-state index in [-0.39, 0.29) is 5.56 Å². The van der Waals surface area contributed by atoms with Gasteiger partial charge in [0, 0.05) is 0 Å². The number of esters is 1. The van der Waals surface area contributed by atoms with Gasteiger partial charge in [-0.2, -0.15) is 0 Å². The van der Waals surface area contributed by atoms with E-state index in [2.05, 4.69) is 0 Å². The molecule has 1 aliphatic heterocycles. The number of hydrogen-bond acceptors (Lipinski definition) is 6. The average molecular weight is 341 g/mol. The van der Waals surface area contributed by atoms with Gasteiger partial charge in [0.05, 0.1) is 30.9 Å². The summed E-state index contributed by atoms with van der Waals surface area (Å²) in [7, 11) is 2.93. The smallest absolute Gasteiger partial charge is 0.340 e. The Kier molecular flexibility index (Phi) is 4.38. The third-order valence-electron chi connectivity index (χ3n) is 3.82. The Bertz CT molecular complexity index is 825. The lowest BCUT2D eigenvalue weighted by Gasteiger charge is -2.14. The topological polar surface area (TPSA) is 82.1 Å². The maximum atomic E-state index is 12.2. The molecule has 7 nitrogen and oxygen atoms in total. The van der Waals surface area contributed by atoms with Gasteiger partial charge < -0.3 is 14.2 Å². The van der Waals surface area contributed by atoms with Crippen molar-refractivity contribution in [2.75, 3.05) is 21.0 Å². The van der Waals surface area contributed by atoms with Gasteiger partial charge in [-0.25, -0.2) is 9.69 Å². The van der Waals surface area contributed by atoms with Crippen molar-refractivity contribution >= 4 is 17.8 Å². The molecule has 2 amide bonds. The van der Waals surface area contributed by atoms with E-state index < -0.39 is 24.5 Å². The summed E-state index contributed by atoms with van der Waals surface area (Å²) in [6.07, 6.45) is 0. The molecule has 2 aromatic carbocycles. The molecule has 0 aromatic heterocycles. The summed E-state index contributed by atoms with van der Waals surface area (Å²) in [4.78, 5) is 37.5. The third kappa shape index (κ3) is 2.91. The number of carbonyl (C=O) groups excluding carboxylic acids is 3. The lowest BCUT2D eigenvalue weighted by Crippen LogP contribution is -2.33. The number of amides is 2. The van der Waals surface area contributed by atoms with Crippen molar-refractivity contribution in [3.63, 3.8) is 0 Å². The number of nitrogens with zero attached hydrogens (tertiary/aromatic N) is 1. The Morgan fingerprint density at radius 3 is 2.08 bits per heavy atom. The molecule has 7 heteroatoms. The predicted octanol–water partition coefficient (Wildman–Crippen LogP) is 2.11. The highest BCUT2D eigenvalue weighted by atomic mass is 16.5. The second-order valence-electron chi connectivity index (χ2n) is 5.21. The van der Waals surface area contributed by atoms with E-state index in [1.54, 1.807) is 30.3 Å². The first-order chi connectivity index (χ1) is 12.1. The Morgan fingerprint density at radius 2 is 1.52 bits per heavy atom. The number of methoxy groups -OCH3 is 2. The number of hydrogen-bond donors (Lipinski definition) is 0. The van der Waals surface area contributed by atoms with Crippen molar-refractivity contribution in [1.29, 1.82) is 0 Å². The molecule has 2 aromatic rings. The zero-order chi connectivity index (χ0) is 18.0. The Morgan fingerprint density at radius 1 is 0.920 bits per heavy atom. The van der Waals surface area contributed by atoms with Crippen molar-refractivity contribution < 1.29 is 28.6 Å². The SMILES string of the molecule is COc1ccc(C(=O)OCN2C(=O)c3ccccc3C2=O)cc1OC. The number of fused-ring (bicyclic) bond motifs is 1. The van der Waals surface area contributed by atoms with Gasteiger partial charge in [-0.15, -0.1) is 0 Å². The van der Waals surface area contributed by atoms with E-state index >= 15 is 0 Å². The van der Waals surface area contributed by atoms with E-state index in [1.165, 1.54) is 26.4 Å². The minimum absolute atomic E-state index is 0.217. The van der Waals surface area contributed by atoms with Crippen LogP contribution in [0.25, 0.3) is 0 Å². The Balaban J connectivity index is 1.71. The van der Waals surface area contributed by atoms with Crippen molar-refractivity contribution in [2.45, 2.75) is 0 Å². The predicted molar refractivity (Wildman–Crippen MR) is 86.8 cm³/mol. The molecular weight excluding hydrogens is 326 g/mol. The van der Waals surface area contributed by atoms with Crippen LogP contribution in [0.3, 0.4) is 0 Å². The van der Waals surface area contributed by atoms with Gasteiger partial charge in [0.1, 0.15) is 0 Å². The molecule has 0 aliphatic carbocycles. The first-order valence-electron chi connectivity index (χ1n) is 7.41. The molecule has 0 unspecified atom stereocenters. The highest BCUT2D eigenvalue weighted by molar-refractivity contribution is 6.21. The Labute approximate surface area is 143 Å². The molecule has 0 saturated heterocycles. The van der Waals surface area contributed by atoms with Gasteiger partial charge in [0.15, 0.2) is 18.2 Å². The molecule has 0 saturated carbocycles. The summed E-state index contributed by atoms with van der Waals surface area (Å²) in [5.74, 6) is -0.809. The molecule has 0 spiro atoms. The highest BCUT2D eigenvalue weighted by Gasteiger charge is 2.35. The summed E-state index contributed by atoms with van der Waals surface area (Å²) < 4.78 is 15.3. The zero-order valence-corrected chi connectivity index (χ0v) is 13.6. The van der Waals surface area contributed by atoms with Crippen LogP contribution in [-0.4, -0.2) is 43.6 Å².